The molecule has 6 heteroatoms. The molecule has 150 valence electrons. The molecule has 4 rings (SSSR count). The van der Waals surface area contributed by atoms with E-state index in [2.05, 4.69) is 24.4 Å². The number of anilines is 1. The maximum absolute atomic E-state index is 6.49. The number of rotatable bonds is 7. The second kappa shape index (κ2) is 8.53. The van der Waals surface area contributed by atoms with Crippen LogP contribution in [-0.2, 0) is 13.2 Å². The molecular weight excluding hydrogens is 390 g/mol. The molecule has 1 aliphatic heterocycles. The summed E-state index contributed by atoms with van der Waals surface area (Å²) in [6.07, 6.45) is 0. The van der Waals surface area contributed by atoms with E-state index in [4.69, 9.17) is 30.5 Å². The van der Waals surface area contributed by atoms with Gasteiger partial charge in [0.25, 0.3) is 0 Å². The summed E-state index contributed by atoms with van der Waals surface area (Å²) >= 11 is 6.49. The SMILES string of the molecule is COc1cc(CNc2ccc3c(c2)OCO3)cc(Cl)c1OCc1ccc(C)cc1. The van der Waals surface area contributed by atoms with E-state index in [9.17, 15) is 0 Å². The van der Waals surface area contributed by atoms with E-state index in [1.54, 1.807) is 7.11 Å². The fraction of sp³-hybridized carbons (Fsp3) is 0.217. The van der Waals surface area contributed by atoms with Gasteiger partial charge in [0.05, 0.1) is 12.1 Å². The van der Waals surface area contributed by atoms with E-state index in [0.29, 0.717) is 29.7 Å². The van der Waals surface area contributed by atoms with Crippen molar-refractivity contribution in [2.75, 3.05) is 19.2 Å². The van der Waals surface area contributed by atoms with Gasteiger partial charge in [0.2, 0.25) is 6.79 Å². The summed E-state index contributed by atoms with van der Waals surface area (Å²) in [5, 5.41) is 3.87. The van der Waals surface area contributed by atoms with Gasteiger partial charge in [0.1, 0.15) is 6.61 Å². The van der Waals surface area contributed by atoms with Crippen LogP contribution in [0.5, 0.6) is 23.0 Å². The Morgan fingerprint density at radius 1 is 0.966 bits per heavy atom. The fourth-order valence-electron chi connectivity index (χ4n) is 3.07. The highest BCUT2D eigenvalue weighted by Crippen LogP contribution is 2.38. The zero-order valence-corrected chi connectivity index (χ0v) is 17.1. The second-order valence-corrected chi connectivity index (χ2v) is 7.21. The Balaban J connectivity index is 1.44. The first-order valence-corrected chi connectivity index (χ1v) is 9.68. The van der Waals surface area contributed by atoms with Gasteiger partial charge in [-0.2, -0.15) is 0 Å². The normalized spacial score (nSPS) is 12.0. The van der Waals surface area contributed by atoms with Crippen molar-refractivity contribution in [2.24, 2.45) is 0 Å². The van der Waals surface area contributed by atoms with Gasteiger partial charge in [-0.3, -0.25) is 0 Å². The van der Waals surface area contributed by atoms with Crippen molar-refractivity contribution >= 4 is 17.3 Å². The van der Waals surface area contributed by atoms with Crippen molar-refractivity contribution in [2.45, 2.75) is 20.1 Å². The van der Waals surface area contributed by atoms with E-state index >= 15 is 0 Å². The molecule has 0 fully saturated rings. The molecule has 0 atom stereocenters. The van der Waals surface area contributed by atoms with Crippen molar-refractivity contribution < 1.29 is 18.9 Å². The van der Waals surface area contributed by atoms with Gasteiger partial charge < -0.3 is 24.3 Å². The zero-order valence-electron chi connectivity index (χ0n) is 16.3. The Morgan fingerprint density at radius 3 is 2.55 bits per heavy atom. The first-order chi connectivity index (χ1) is 14.1. The third kappa shape index (κ3) is 4.51. The van der Waals surface area contributed by atoms with Crippen LogP contribution in [0.2, 0.25) is 5.02 Å². The van der Waals surface area contributed by atoms with Crippen LogP contribution < -0.4 is 24.3 Å². The van der Waals surface area contributed by atoms with Crippen LogP contribution in [0.4, 0.5) is 5.69 Å². The van der Waals surface area contributed by atoms with Crippen molar-refractivity contribution in [3.8, 4) is 23.0 Å². The van der Waals surface area contributed by atoms with Crippen molar-refractivity contribution in [3.63, 3.8) is 0 Å². The molecule has 0 radical (unpaired) electrons. The monoisotopic (exact) mass is 411 g/mol. The van der Waals surface area contributed by atoms with Crippen LogP contribution >= 0.6 is 11.6 Å². The van der Waals surface area contributed by atoms with Crippen LogP contribution in [0.1, 0.15) is 16.7 Å². The van der Waals surface area contributed by atoms with Gasteiger partial charge in [-0.05, 0) is 42.3 Å². The minimum Gasteiger partial charge on any atom is -0.493 e. The van der Waals surface area contributed by atoms with Crippen LogP contribution in [-0.4, -0.2) is 13.9 Å². The number of fused-ring (bicyclic) bond motifs is 1. The predicted molar refractivity (Wildman–Crippen MR) is 113 cm³/mol. The molecule has 0 aliphatic carbocycles. The highest BCUT2D eigenvalue weighted by molar-refractivity contribution is 6.32. The molecule has 1 N–H and O–H groups in total. The molecule has 0 saturated heterocycles. The van der Waals surface area contributed by atoms with Gasteiger partial charge in [-0.1, -0.05) is 41.4 Å². The standard InChI is InChI=1S/C23H22ClNO4/c1-15-3-5-16(6-4-15)13-27-23-19(24)9-17(10-22(23)26-2)12-25-18-7-8-20-21(11-18)29-14-28-20/h3-11,25H,12-14H2,1-2H3. The minimum absolute atomic E-state index is 0.260. The lowest BCUT2D eigenvalue weighted by Gasteiger charge is -2.15. The van der Waals surface area contributed by atoms with E-state index in [0.717, 1.165) is 28.3 Å². The van der Waals surface area contributed by atoms with Crippen LogP contribution in [0, 0.1) is 6.92 Å². The molecule has 29 heavy (non-hydrogen) atoms. The third-order valence-electron chi connectivity index (χ3n) is 4.66. The average molecular weight is 412 g/mol. The summed E-state index contributed by atoms with van der Waals surface area (Å²) in [6.45, 7) is 3.32. The second-order valence-electron chi connectivity index (χ2n) is 6.80. The maximum Gasteiger partial charge on any atom is 0.231 e. The molecule has 1 heterocycles. The molecule has 0 unspecified atom stereocenters. The summed E-state index contributed by atoms with van der Waals surface area (Å²) in [7, 11) is 1.61. The number of ether oxygens (including phenoxy) is 4. The first kappa shape index (κ1) is 19.3. The summed E-state index contributed by atoms with van der Waals surface area (Å²) in [5.74, 6) is 2.65. The van der Waals surface area contributed by atoms with E-state index in [1.165, 1.54) is 5.56 Å². The Morgan fingerprint density at radius 2 is 1.76 bits per heavy atom. The molecule has 3 aromatic carbocycles. The van der Waals surface area contributed by atoms with Crippen molar-refractivity contribution in [3.05, 3.63) is 76.3 Å². The molecule has 0 bridgehead atoms. The third-order valence-corrected chi connectivity index (χ3v) is 4.94. The highest BCUT2D eigenvalue weighted by atomic mass is 35.5. The lowest BCUT2D eigenvalue weighted by Crippen LogP contribution is -2.02. The molecule has 1 aliphatic rings. The number of halogens is 1. The molecule has 3 aromatic rings. The highest BCUT2D eigenvalue weighted by Gasteiger charge is 2.15. The average Bonchev–Trinajstić information content (AvgIpc) is 3.20. The van der Waals surface area contributed by atoms with Crippen molar-refractivity contribution in [1.82, 2.24) is 0 Å². The number of nitrogens with one attached hydrogen (secondary N) is 1. The van der Waals surface area contributed by atoms with E-state index in [1.807, 2.05) is 42.5 Å². The summed E-state index contributed by atoms with van der Waals surface area (Å²) in [4.78, 5) is 0. The Labute approximate surface area is 175 Å². The van der Waals surface area contributed by atoms with Crippen LogP contribution in [0.25, 0.3) is 0 Å². The lowest BCUT2D eigenvalue weighted by molar-refractivity contribution is 0.174. The Kier molecular flexibility index (Phi) is 5.67. The van der Waals surface area contributed by atoms with Crippen molar-refractivity contribution in [1.29, 1.82) is 0 Å². The number of methoxy groups -OCH3 is 1. The summed E-state index contributed by atoms with van der Waals surface area (Å²) in [5.41, 5.74) is 4.20. The topological polar surface area (TPSA) is 49.0 Å². The van der Waals surface area contributed by atoms with Crippen LogP contribution in [0.3, 0.4) is 0 Å². The fourth-order valence-corrected chi connectivity index (χ4v) is 3.35. The Bertz CT molecular complexity index is 1000. The first-order valence-electron chi connectivity index (χ1n) is 9.30. The molecule has 0 spiro atoms. The van der Waals surface area contributed by atoms with Crippen LogP contribution in [0.15, 0.2) is 54.6 Å². The van der Waals surface area contributed by atoms with Gasteiger partial charge >= 0.3 is 0 Å². The number of aryl methyl sites for hydroxylation is 1. The minimum atomic E-state index is 0.260. The molecule has 0 saturated carbocycles. The molecule has 0 aromatic heterocycles. The number of hydrogen-bond acceptors (Lipinski definition) is 5. The van der Waals surface area contributed by atoms with Gasteiger partial charge in [-0.25, -0.2) is 0 Å². The van der Waals surface area contributed by atoms with E-state index in [-0.39, 0.29) is 6.79 Å². The quantitative estimate of drug-likeness (QED) is 0.550. The maximum atomic E-state index is 6.49. The molecular formula is C23H22ClNO4. The van der Waals surface area contributed by atoms with Gasteiger partial charge in [0.15, 0.2) is 23.0 Å². The molecule has 0 amide bonds. The lowest BCUT2D eigenvalue weighted by atomic mass is 10.1. The number of benzene rings is 3. The summed E-state index contributed by atoms with van der Waals surface area (Å²) < 4.78 is 22.2. The van der Waals surface area contributed by atoms with Gasteiger partial charge in [0, 0.05) is 18.3 Å². The summed E-state index contributed by atoms with van der Waals surface area (Å²) in [6, 6.07) is 17.8. The Hall–Kier alpha value is -3.05. The predicted octanol–water partition coefficient (Wildman–Crippen LogP) is 5.58. The smallest absolute Gasteiger partial charge is 0.231 e. The largest absolute Gasteiger partial charge is 0.493 e. The van der Waals surface area contributed by atoms with E-state index < -0.39 is 0 Å². The van der Waals surface area contributed by atoms with Gasteiger partial charge in [-0.15, -0.1) is 0 Å². The number of hydrogen-bond donors (Lipinski definition) is 1. The zero-order chi connectivity index (χ0) is 20.2. The molecule has 5 nitrogen and oxygen atoms in total.